The molecule has 1 fully saturated rings. The quantitative estimate of drug-likeness (QED) is 0.660. The second kappa shape index (κ2) is 3.97. The van der Waals surface area contributed by atoms with Gasteiger partial charge in [-0.15, -0.1) is 0 Å². The summed E-state index contributed by atoms with van der Waals surface area (Å²) in [4.78, 5) is 10.2. The Bertz CT molecular complexity index is 143. The number of hydrogen-bond donors (Lipinski definition) is 2. The number of aliphatic hydroxyl groups excluding tert-OH is 1. The zero-order valence-electron chi connectivity index (χ0n) is 6.19. The summed E-state index contributed by atoms with van der Waals surface area (Å²) in [7, 11) is 0. The lowest BCUT2D eigenvalue weighted by atomic mass is 10.00. The predicted molar refractivity (Wildman–Crippen MR) is 43.7 cm³/mol. The van der Waals surface area contributed by atoms with E-state index in [0.29, 0.717) is 0 Å². The Balaban J connectivity index is 2.28. The molecule has 0 saturated carbocycles. The van der Waals surface area contributed by atoms with Crippen LogP contribution in [0.5, 0.6) is 0 Å². The first-order valence-corrected chi connectivity index (χ1v) is 4.83. The molecule has 64 valence electrons. The fourth-order valence-corrected chi connectivity index (χ4v) is 2.53. The van der Waals surface area contributed by atoms with E-state index in [4.69, 9.17) is 5.11 Å². The minimum absolute atomic E-state index is 0.106. The number of carboxylic acid groups (broad SMARTS) is 1. The third kappa shape index (κ3) is 2.71. The van der Waals surface area contributed by atoms with E-state index in [1.54, 1.807) is 11.8 Å². The highest BCUT2D eigenvalue weighted by Gasteiger charge is 2.25. The Morgan fingerprint density at radius 2 is 2.45 bits per heavy atom. The number of thioether (sulfide) groups is 1. The van der Waals surface area contributed by atoms with Crippen LogP contribution in [0.1, 0.15) is 12.8 Å². The molecule has 0 radical (unpaired) electrons. The van der Waals surface area contributed by atoms with Crippen molar-refractivity contribution in [2.24, 2.45) is 5.92 Å². The Kier molecular flexibility index (Phi) is 3.20. The highest BCUT2D eigenvalue weighted by atomic mass is 32.2. The van der Waals surface area contributed by atoms with Gasteiger partial charge < -0.3 is 10.2 Å². The van der Waals surface area contributed by atoms with Gasteiger partial charge in [-0.25, -0.2) is 0 Å². The Labute approximate surface area is 69.8 Å². The summed E-state index contributed by atoms with van der Waals surface area (Å²) >= 11 is 1.78. The zero-order chi connectivity index (χ0) is 8.27. The summed E-state index contributed by atoms with van der Waals surface area (Å²) in [5.41, 5.74) is 0. The van der Waals surface area contributed by atoms with Crippen molar-refractivity contribution >= 4 is 17.7 Å². The Morgan fingerprint density at radius 3 is 2.91 bits per heavy atom. The van der Waals surface area contributed by atoms with Crippen LogP contribution in [0.15, 0.2) is 0 Å². The number of hydrogen-bond acceptors (Lipinski definition) is 3. The number of aliphatic hydroxyl groups is 1. The third-order valence-corrected chi connectivity index (χ3v) is 3.08. The van der Waals surface area contributed by atoms with Crippen LogP contribution in [-0.4, -0.2) is 33.8 Å². The number of carbonyl (C=O) groups is 1. The molecule has 0 spiro atoms. The van der Waals surface area contributed by atoms with E-state index < -0.39 is 12.1 Å². The van der Waals surface area contributed by atoms with E-state index in [0.717, 1.165) is 17.9 Å². The van der Waals surface area contributed by atoms with Crippen LogP contribution in [0.25, 0.3) is 0 Å². The monoisotopic (exact) mass is 176 g/mol. The van der Waals surface area contributed by atoms with Gasteiger partial charge in [0.2, 0.25) is 0 Å². The molecule has 1 saturated heterocycles. The maximum Gasteiger partial charge on any atom is 0.305 e. The van der Waals surface area contributed by atoms with Gasteiger partial charge in [-0.2, -0.15) is 11.8 Å². The lowest BCUT2D eigenvalue weighted by molar-refractivity contribution is -0.139. The first-order chi connectivity index (χ1) is 5.20. The van der Waals surface area contributed by atoms with Crippen LogP contribution in [0.4, 0.5) is 0 Å². The Hall–Kier alpha value is -0.220. The van der Waals surface area contributed by atoms with Gasteiger partial charge in [0.25, 0.3) is 0 Å². The fourth-order valence-electron chi connectivity index (χ4n) is 1.20. The van der Waals surface area contributed by atoms with Gasteiger partial charge in [0.1, 0.15) is 0 Å². The normalized spacial score (nSPS) is 26.8. The SMILES string of the molecule is O=C(O)C[C@H](O)C1CCSC1. The van der Waals surface area contributed by atoms with Crippen molar-refractivity contribution in [1.82, 2.24) is 0 Å². The average molecular weight is 176 g/mol. The molecule has 1 aliphatic heterocycles. The average Bonchev–Trinajstić information content (AvgIpc) is 2.35. The second-order valence-corrected chi connectivity index (χ2v) is 3.94. The molecule has 1 unspecified atom stereocenters. The summed E-state index contributed by atoms with van der Waals surface area (Å²) in [5, 5.41) is 17.7. The smallest absolute Gasteiger partial charge is 0.305 e. The van der Waals surface area contributed by atoms with E-state index >= 15 is 0 Å². The summed E-state index contributed by atoms with van der Waals surface area (Å²) < 4.78 is 0. The molecule has 0 aromatic rings. The van der Waals surface area contributed by atoms with Crippen LogP contribution < -0.4 is 0 Å². The van der Waals surface area contributed by atoms with Gasteiger partial charge in [0.05, 0.1) is 12.5 Å². The van der Waals surface area contributed by atoms with E-state index in [1.807, 2.05) is 0 Å². The summed E-state index contributed by atoms with van der Waals surface area (Å²) in [6.07, 6.45) is 0.215. The molecule has 0 aromatic heterocycles. The molecule has 2 atom stereocenters. The largest absolute Gasteiger partial charge is 0.481 e. The third-order valence-electron chi connectivity index (χ3n) is 1.89. The van der Waals surface area contributed by atoms with Crippen molar-refractivity contribution in [2.75, 3.05) is 11.5 Å². The van der Waals surface area contributed by atoms with Gasteiger partial charge >= 0.3 is 5.97 Å². The fraction of sp³-hybridized carbons (Fsp3) is 0.857. The van der Waals surface area contributed by atoms with Crippen molar-refractivity contribution in [2.45, 2.75) is 18.9 Å². The molecule has 0 aromatic carbocycles. The summed E-state index contributed by atoms with van der Waals surface area (Å²) in [6.45, 7) is 0. The standard InChI is InChI=1S/C7H12O3S/c8-6(3-7(9)10)5-1-2-11-4-5/h5-6,8H,1-4H2,(H,9,10)/t5?,6-/m0/s1. The molecule has 0 amide bonds. The van der Waals surface area contributed by atoms with Crippen LogP contribution in [0.2, 0.25) is 0 Å². The second-order valence-electron chi connectivity index (χ2n) is 2.79. The molecule has 1 heterocycles. The maximum atomic E-state index is 10.2. The van der Waals surface area contributed by atoms with Crippen LogP contribution >= 0.6 is 11.8 Å². The van der Waals surface area contributed by atoms with Gasteiger partial charge in [-0.1, -0.05) is 0 Å². The first kappa shape index (κ1) is 8.87. The number of rotatable bonds is 3. The van der Waals surface area contributed by atoms with E-state index in [1.165, 1.54) is 0 Å². The highest BCUT2D eigenvalue weighted by Crippen LogP contribution is 2.27. The molecule has 0 bridgehead atoms. The summed E-state index contributed by atoms with van der Waals surface area (Å²) in [5.74, 6) is 1.26. The topological polar surface area (TPSA) is 57.5 Å². The molecule has 3 nitrogen and oxygen atoms in total. The van der Waals surface area contributed by atoms with Crippen molar-refractivity contribution in [3.05, 3.63) is 0 Å². The van der Waals surface area contributed by atoms with Crippen molar-refractivity contribution in [1.29, 1.82) is 0 Å². The lowest BCUT2D eigenvalue weighted by Crippen LogP contribution is -2.23. The number of carboxylic acids is 1. The van der Waals surface area contributed by atoms with E-state index in [9.17, 15) is 9.90 Å². The van der Waals surface area contributed by atoms with Crippen molar-refractivity contribution in [3.63, 3.8) is 0 Å². The van der Waals surface area contributed by atoms with E-state index in [-0.39, 0.29) is 12.3 Å². The molecule has 0 aliphatic carbocycles. The molecular formula is C7H12O3S. The molecule has 11 heavy (non-hydrogen) atoms. The van der Waals surface area contributed by atoms with Crippen LogP contribution in [0.3, 0.4) is 0 Å². The summed E-state index contributed by atoms with van der Waals surface area (Å²) in [6, 6.07) is 0. The molecule has 2 N–H and O–H groups in total. The first-order valence-electron chi connectivity index (χ1n) is 3.67. The van der Waals surface area contributed by atoms with Crippen molar-refractivity contribution < 1.29 is 15.0 Å². The molecule has 1 rings (SSSR count). The van der Waals surface area contributed by atoms with Gasteiger partial charge in [0.15, 0.2) is 0 Å². The number of aliphatic carboxylic acids is 1. The zero-order valence-corrected chi connectivity index (χ0v) is 7.01. The van der Waals surface area contributed by atoms with Gasteiger partial charge in [-0.3, -0.25) is 4.79 Å². The van der Waals surface area contributed by atoms with Gasteiger partial charge in [-0.05, 0) is 23.8 Å². The van der Waals surface area contributed by atoms with E-state index in [2.05, 4.69) is 0 Å². The minimum Gasteiger partial charge on any atom is -0.481 e. The van der Waals surface area contributed by atoms with Crippen LogP contribution in [0, 0.1) is 5.92 Å². The Morgan fingerprint density at radius 1 is 1.73 bits per heavy atom. The lowest BCUT2D eigenvalue weighted by Gasteiger charge is -2.13. The molecular weight excluding hydrogens is 164 g/mol. The van der Waals surface area contributed by atoms with Crippen molar-refractivity contribution in [3.8, 4) is 0 Å². The predicted octanol–water partition coefficient (Wildman–Crippen LogP) is 0.575. The highest BCUT2D eigenvalue weighted by molar-refractivity contribution is 7.99. The van der Waals surface area contributed by atoms with Crippen LogP contribution in [-0.2, 0) is 4.79 Å². The molecule has 4 heteroatoms. The minimum atomic E-state index is -0.908. The van der Waals surface area contributed by atoms with Gasteiger partial charge in [0, 0.05) is 0 Å². The molecule has 1 aliphatic rings. The maximum absolute atomic E-state index is 10.2.